The minimum Gasteiger partial charge on any atom is -0.452 e. The Labute approximate surface area is 194 Å². The zero-order chi connectivity index (χ0) is 24.0. The molecule has 1 saturated carbocycles. The second kappa shape index (κ2) is 10.7. The molecular formula is C24H28N2O6S. The van der Waals surface area contributed by atoms with E-state index in [1.165, 1.54) is 35.5 Å². The first-order chi connectivity index (χ1) is 15.7. The van der Waals surface area contributed by atoms with Crippen molar-refractivity contribution in [2.45, 2.75) is 50.0 Å². The summed E-state index contributed by atoms with van der Waals surface area (Å²) in [5.74, 6) is -1.55. The standard InChI is InChI=1S/C24H28N2O6S/c1-17(27)21-10-6-7-11-22(21)25-23(28)16-32-24(29)18-12-14-20(15-13-18)33(30,31)26(2)19-8-4-3-5-9-19/h6-7,10-15,19H,3-5,8-9,16H2,1-2H3,(H,25,28). The molecule has 1 aliphatic rings. The molecule has 0 radical (unpaired) electrons. The zero-order valence-corrected chi connectivity index (χ0v) is 19.6. The van der Waals surface area contributed by atoms with E-state index in [4.69, 9.17) is 4.74 Å². The van der Waals surface area contributed by atoms with Crippen LogP contribution in [0.4, 0.5) is 5.69 Å². The number of hydrogen-bond acceptors (Lipinski definition) is 6. The van der Waals surface area contributed by atoms with Gasteiger partial charge in [-0.15, -0.1) is 0 Å². The Morgan fingerprint density at radius 2 is 1.64 bits per heavy atom. The molecule has 2 aromatic rings. The summed E-state index contributed by atoms with van der Waals surface area (Å²) >= 11 is 0. The third-order valence-corrected chi connectivity index (χ3v) is 7.70. The number of para-hydroxylation sites is 1. The average molecular weight is 473 g/mol. The lowest BCUT2D eigenvalue weighted by molar-refractivity contribution is -0.119. The van der Waals surface area contributed by atoms with Crippen LogP contribution in [0.2, 0.25) is 0 Å². The normalized spacial score (nSPS) is 14.6. The predicted octanol–water partition coefficient (Wildman–Crippen LogP) is 3.64. The van der Waals surface area contributed by atoms with Crippen molar-refractivity contribution in [2.24, 2.45) is 0 Å². The van der Waals surface area contributed by atoms with Gasteiger partial charge < -0.3 is 10.1 Å². The van der Waals surface area contributed by atoms with E-state index in [1.54, 1.807) is 31.3 Å². The second-order valence-electron chi connectivity index (χ2n) is 8.06. The van der Waals surface area contributed by atoms with Gasteiger partial charge in [0, 0.05) is 18.7 Å². The first-order valence-corrected chi connectivity index (χ1v) is 12.3. The number of esters is 1. The molecule has 33 heavy (non-hydrogen) atoms. The van der Waals surface area contributed by atoms with Gasteiger partial charge in [-0.05, 0) is 56.2 Å². The molecule has 0 unspecified atom stereocenters. The van der Waals surface area contributed by atoms with Gasteiger partial charge in [0.1, 0.15) is 0 Å². The van der Waals surface area contributed by atoms with Gasteiger partial charge in [0.25, 0.3) is 5.91 Å². The van der Waals surface area contributed by atoms with Crippen LogP contribution < -0.4 is 5.32 Å². The summed E-state index contributed by atoms with van der Waals surface area (Å²) in [5.41, 5.74) is 0.820. The van der Waals surface area contributed by atoms with Crippen LogP contribution in [-0.4, -0.2) is 50.1 Å². The highest BCUT2D eigenvalue weighted by molar-refractivity contribution is 7.89. The third kappa shape index (κ3) is 6.06. The van der Waals surface area contributed by atoms with Crippen LogP contribution >= 0.6 is 0 Å². The largest absolute Gasteiger partial charge is 0.452 e. The number of nitrogens with one attached hydrogen (secondary N) is 1. The average Bonchev–Trinajstić information content (AvgIpc) is 2.82. The molecule has 0 aromatic heterocycles. The quantitative estimate of drug-likeness (QED) is 0.464. The number of carbonyl (C=O) groups is 3. The summed E-state index contributed by atoms with van der Waals surface area (Å²) in [6, 6.07) is 12.0. The molecule has 8 nitrogen and oxygen atoms in total. The summed E-state index contributed by atoms with van der Waals surface area (Å²) in [6.07, 6.45) is 4.85. The lowest BCUT2D eigenvalue weighted by atomic mass is 9.96. The lowest BCUT2D eigenvalue weighted by Crippen LogP contribution is -2.38. The Hall–Kier alpha value is -3.04. The number of sulfonamides is 1. The van der Waals surface area contributed by atoms with Crippen LogP contribution in [0.5, 0.6) is 0 Å². The Kier molecular flexibility index (Phi) is 7.99. The van der Waals surface area contributed by atoms with E-state index < -0.39 is 28.5 Å². The van der Waals surface area contributed by atoms with Crippen molar-refractivity contribution in [3.05, 3.63) is 59.7 Å². The summed E-state index contributed by atoms with van der Waals surface area (Å²) in [6.45, 7) is 0.845. The highest BCUT2D eigenvalue weighted by atomic mass is 32.2. The number of anilines is 1. The lowest BCUT2D eigenvalue weighted by Gasteiger charge is -2.30. The van der Waals surface area contributed by atoms with Crippen molar-refractivity contribution in [3.63, 3.8) is 0 Å². The highest BCUT2D eigenvalue weighted by Crippen LogP contribution is 2.26. The van der Waals surface area contributed by atoms with E-state index in [-0.39, 0.29) is 22.3 Å². The fourth-order valence-corrected chi connectivity index (χ4v) is 5.29. The van der Waals surface area contributed by atoms with Crippen LogP contribution in [0.25, 0.3) is 0 Å². The monoisotopic (exact) mass is 472 g/mol. The third-order valence-electron chi connectivity index (χ3n) is 5.77. The maximum absolute atomic E-state index is 12.9. The highest BCUT2D eigenvalue weighted by Gasteiger charge is 2.29. The van der Waals surface area contributed by atoms with Gasteiger partial charge in [0.05, 0.1) is 16.1 Å². The van der Waals surface area contributed by atoms with Gasteiger partial charge in [-0.25, -0.2) is 13.2 Å². The molecule has 1 amide bonds. The van der Waals surface area contributed by atoms with E-state index in [1.807, 2.05) is 0 Å². The summed E-state index contributed by atoms with van der Waals surface area (Å²) in [4.78, 5) is 36.2. The van der Waals surface area contributed by atoms with Crippen LogP contribution in [0.3, 0.4) is 0 Å². The molecule has 1 aliphatic carbocycles. The minimum atomic E-state index is -3.66. The van der Waals surface area contributed by atoms with E-state index in [2.05, 4.69) is 5.32 Å². The molecule has 0 spiro atoms. The molecule has 1 N–H and O–H groups in total. The number of rotatable bonds is 8. The van der Waals surface area contributed by atoms with Crippen molar-refractivity contribution < 1.29 is 27.5 Å². The van der Waals surface area contributed by atoms with E-state index >= 15 is 0 Å². The molecule has 0 atom stereocenters. The Balaban J connectivity index is 1.59. The number of nitrogens with zero attached hydrogens (tertiary/aromatic N) is 1. The van der Waals surface area contributed by atoms with E-state index in [0.29, 0.717) is 11.3 Å². The molecule has 176 valence electrons. The Bertz CT molecular complexity index is 1120. The Morgan fingerprint density at radius 3 is 2.27 bits per heavy atom. The van der Waals surface area contributed by atoms with Crippen molar-refractivity contribution in [2.75, 3.05) is 19.0 Å². The second-order valence-corrected chi connectivity index (χ2v) is 10.1. The van der Waals surface area contributed by atoms with Crippen LogP contribution in [0.1, 0.15) is 59.7 Å². The van der Waals surface area contributed by atoms with E-state index in [0.717, 1.165) is 32.1 Å². The van der Waals surface area contributed by atoms with Crippen molar-refractivity contribution in [3.8, 4) is 0 Å². The minimum absolute atomic E-state index is 0.0139. The van der Waals surface area contributed by atoms with Crippen molar-refractivity contribution >= 4 is 33.4 Å². The van der Waals surface area contributed by atoms with Gasteiger partial charge in [0.2, 0.25) is 10.0 Å². The molecule has 1 fully saturated rings. The number of benzene rings is 2. The predicted molar refractivity (Wildman–Crippen MR) is 124 cm³/mol. The zero-order valence-electron chi connectivity index (χ0n) is 18.7. The SMILES string of the molecule is CC(=O)c1ccccc1NC(=O)COC(=O)c1ccc(S(=O)(=O)N(C)C2CCCCC2)cc1. The molecule has 0 aliphatic heterocycles. The molecule has 2 aromatic carbocycles. The smallest absolute Gasteiger partial charge is 0.338 e. The van der Waals surface area contributed by atoms with Crippen molar-refractivity contribution in [1.29, 1.82) is 0 Å². The fourth-order valence-electron chi connectivity index (χ4n) is 3.87. The number of amides is 1. The van der Waals surface area contributed by atoms with Gasteiger partial charge in [-0.3, -0.25) is 9.59 Å². The fraction of sp³-hybridized carbons (Fsp3) is 0.375. The first kappa shape index (κ1) is 24.6. The maximum Gasteiger partial charge on any atom is 0.338 e. The van der Waals surface area contributed by atoms with E-state index in [9.17, 15) is 22.8 Å². The van der Waals surface area contributed by atoms with Gasteiger partial charge >= 0.3 is 5.97 Å². The molecule has 0 saturated heterocycles. The maximum atomic E-state index is 12.9. The first-order valence-electron chi connectivity index (χ1n) is 10.8. The number of Topliss-reactive ketones (excluding diaryl/α,β-unsaturated/α-hetero) is 1. The number of ether oxygens (including phenoxy) is 1. The van der Waals surface area contributed by atoms with Gasteiger partial charge in [-0.2, -0.15) is 4.31 Å². The number of hydrogen-bond donors (Lipinski definition) is 1. The molecule has 0 heterocycles. The van der Waals surface area contributed by atoms with Crippen LogP contribution in [-0.2, 0) is 19.6 Å². The van der Waals surface area contributed by atoms with Gasteiger partial charge in [-0.1, -0.05) is 31.4 Å². The van der Waals surface area contributed by atoms with Gasteiger partial charge in [0.15, 0.2) is 12.4 Å². The number of ketones is 1. The topological polar surface area (TPSA) is 110 Å². The molecule has 0 bridgehead atoms. The summed E-state index contributed by atoms with van der Waals surface area (Å²) in [5, 5.41) is 2.55. The summed E-state index contributed by atoms with van der Waals surface area (Å²) in [7, 11) is -2.07. The number of carbonyl (C=O) groups excluding carboxylic acids is 3. The van der Waals surface area contributed by atoms with Crippen molar-refractivity contribution in [1.82, 2.24) is 4.31 Å². The molecular weight excluding hydrogens is 444 g/mol. The van der Waals surface area contributed by atoms with Crippen LogP contribution in [0.15, 0.2) is 53.4 Å². The summed E-state index contributed by atoms with van der Waals surface area (Å²) < 4.78 is 32.3. The molecule has 3 rings (SSSR count). The van der Waals surface area contributed by atoms with Crippen LogP contribution in [0, 0.1) is 0 Å². The molecule has 9 heteroatoms. The Morgan fingerprint density at radius 1 is 1.00 bits per heavy atom.